The van der Waals surface area contributed by atoms with Crippen LogP contribution in [0.15, 0.2) is 9.32 Å². The fraction of sp³-hybridized carbons (Fsp3) is 0.571. The molecule has 72 valence electrons. The van der Waals surface area contributed by atoms with Crippen molar-refractivity contribution in [3.05, 3.63) is 16.4 Å². The molecule has 1 amide bonds. The van der Waals surface area contributed by atoms with E-state index in [9.17, 15) is 9.59 Å². The Morgan fingerprint density at radius 1 is 1.62 bits per heavy atom. The molecular formula is C7H11N3O3. The third-order valence-corrected chi connectivity index (χ3v) is 1.66. The molecule has 0 saturated carbocycles. The lowest BCUT2D eigenvalue weighted by molar-refractivity contribution is -0.129. The van der Waals surface area contributed by atoms with Crippen LogP contribution in [0, 0.1) is 6.92 Å². The molecule has 1 heterocycles. The number of amides is 1. The molecule has 0 aliphatic rings. The van der Waals surface area contributed by atoms with Crippen molar-refractivity contribution in [2.75, 3.05) is 14.1 Å². The zero-order valence-electron chi connectivity index (χ0n) is 7.77. The number of nitrogens with zero attached hydrogens (tertiary/aromatic N) is 3. The van der Waals surface area contributed by atoms with Crippen LogP contribution in [0.2, 0.25) is 0 Å². The average molecular weight is 185 g/mol. The summed E-state index contributed by atoms with van der Waals surface area (Å²) in [4.78, 5) is 23.6. The van der Waals surface area contributed by atoms with Gasteiger partial charge in [0.25, 0.3) is 0 Å². The standard InChI is InChI=1S/C7H11N3O3/c1-5-8-13-7(12)10(5)4-6(11)9(2)3/h4H2,1-3H3. The van der Waals surface area contributed by atoms with Gasteiger partial charge in [-0.25, -0.2) is 4.79 Å². The largest absolute Gasteiger partial charge is 0.442 e. The highest BCUT2D eigenvalue weighted by Crippen LogP contribution is 1.90. The number of aromatic nitrogens is 2. The molecule has 0 aliphatic carbocycles. The molecule has 0 radical (unpaired) electrons. The Balaban J connectivity index is 2.86. The van der Waals surface area contributed by atoms with Crippen molar-refractivity contribution < 1.29 is 9.32 Å². The van der Waals surface area contributed by atoms with Crippen molar-refractivity contribution in [2.24, 2.45) is 0 Å². The van der Waals surface area contributed by atoms with Crippen molar-refractivity contribution >= 4 is 5.91 Å². The molecule has 0 atom stereocenters. The minimum absolute atomic E-state index is 0.0266. The van der Waals surface area contributed by atoms with Crippen LogP contribution in [-0.4, -0.2) is 34.6 Å². The summed E-state index contributed by atoms with van der Waals surface area (Å²) in [5, 5.41) is 3.43. The van der Waals surface area contributed by atoms with Crippen molar-refractivity contribution in [2.45, 2.75) is 13.5 Å². The van der Waals surface area contributed by atoms with Gasteiger partial charge in [0.15, 0.2) is 5.82 Å². The quantitative estimate of drug-likeness (QED) is 0.607. The summed E-state index contributed by atoms with van der Waals surface area (Å²) in [5.74, 6) is -0.374. The normalized spacial score (nSPS) is 10.1. The van der Waals surface area contributed by atoms with E-state index in [0.717, 1.165) is 0 Å². The van der Waals surface area contributed by atoms with Crippen LogP contribution < -0.4 is 5.76 Å². The first-order valence-corrected chi connectivity index (χ1v) is 3.75. The zero-order chi connectivity index (χ0) is 10.0. The van der Waals surface area contributed by atoms with E-state index in [1.807, 2.05) is 0 Å². The Labute approximate surface area is 74.7 Å². The molecule has 0 fully saturated rings. The number of rotatable bonds is 2. The van der Waals surface area contributed by atoms with E-state index < -0.39 is 5.76 Å². The molecule has 6 heteroatoms. The van der Waals surface area contributed by atoms with Gasteiger partial charge in [0.05, 0.1) is 0 Å². The molecule has 0 saturated heterocycles. The van der Waals surface area contributed by atoms with E-state index in [2.05, 4.69) is 9.68 Å². The number of aryl methyl sites for hydroxylation is 1. The van der Waals surface area contributed by atoms with Crippen molar-refractivity contribution in [1.82, 2.24) is 14.6 Å². The Morgan fingerprint density at radius 3 is 2.62 bits per heavy atom. The summed E-state index contributed by atoms with van der Waals surface area (Å²) in [7, 11) is 3.24. The van der Waals surface area contributed by atoms with Crippen molar-refractivity contribution in [3.8, 4) is 0 Å². The Bertz CT molecular complexity index is 363. The van der Waals surface area contributed by atoms with E-state index >= 15 is 0 Å². The van der Waals surface area contributed by atoms with Crippen LogP contribution in [0.1, 0.15) is 5.82 Å². The van der Waals surface area contributed by atoms with E-state index in [-0.39, 0.29) is 12.5 Å². The highest BCUT2D eigenvalue weighted by molar-refractivity contribution is 5.75. The number of hydrogen-bond acceptors (Lipinski definition) is 4. The highest BCUT2D eigenvalue weighted by Gasteiger charge is 2.11. The van der Waals surface area contributed by atoms with Gasteiger partial charge in [-0.15, -0.1) is 0 Å². The zero-order valence-corrected chi connectivity index (χ0v) is 7.77. The second kappa shape index (κ2) is 3.42. The minimum atomic E-state index is -0.604. The lowest BCUT2D eigenvalue weighted by atomic mass is 10.5. The van der Waals surface area contributed by atoms with Gasteiger partial charge in [-0.1, -0.05) is 5.16 Å². The summed E-state index contributed by atoms with van der Waals surface area (Å²) in [6.07, 6.45) is 0. The van der Waals surface area contributed by atoms with Crippen molar-refractivity contribution in [3.63, 3.8) is 0 Å². The van der Waals surface area contributed by atoms with Crippen molar-refractivity contribution in [1.29, 1.82) is 0 Å². The highest BCUT2D eigenvalue weighted by atomic mass is 16.5. The van der Waals surface area contributed by atoms with Gasteiger partial charge in [0.2, 0.25) is 5.91 Å². The molecule has 0 unspecified atom stereocenters. The third-order valence-electron chi connectivity index (χ3n) is 1.66. The van der Waals surface area contributed by atoms with Crippen LogP contribution >= 0.6 is 0 Å². The monoisotopic (exact) mass is 185 g/mol. The van der Waals surface area contributed by atoms with Crippen LogP contribution in [0.25, 0.3) is 0 Å². The number of carbonyl (C=O) groups is 1. The number of likely N-dealkylation sites (N-methyl/N-ethyl adjacent to an activating group) is 1. The molecule has 0 aliphatic heterocycles. The second-order valence-corrected chi connectivity index (χ2v) is 2.87. The summed E-state index contributed by atoms with van der Waals surface area (Å²) in [6.45, 7) is 1.58. The lowest BCUT2D eigenvalue weighted by Crippen LogP contribution is -2.30. The SMILES string of the molecule is Cc1noc(=O)n1CC(=O)N(C)C. The van der Waals surface area contributed by atoms with Crippen LogP contribution in [0.5, 0.6) is 0 Å². The fourth-order valence-electron chi connectivity index (χ4n) is 0.791. The molecule has 0 aromatic carbocycles. The molecule has 13 heavy (non-hydrogen) atoms. The van der Waals surface area contributed by atoms with Gasteiger partial charge >= 0.3 is 5.76 Å². The number of carbonyl (C=O) groups excluding carboxylic acids is 1. The van der Waals surface area contributed by atoms with E-state index in [1.165, 1.54) is 9.47 Å². The van der Waals surface area contributed by atoms with Crippen LogP contribution in [0.4, 0.5) is 0 Å². The average Bonchev–Trinajstić information content (AvgIpc) is 2.35. The Kier molecular flexibility index (Phi) is 2.50. The Morgan fingerprint density at radius 2 is 2.23 bits per heavy atom. The van der Waals surface area contributed by atoms with Gasteiger partial charge in [0, 0.05) is 14.1 Å². The van der Waals surface area contributed by atoms with Gasteiger partial charge in [-0.2, -0.15) is 0 Å². The first-order valence-electron chi connectivity index (χ1n) is 3.75. The predicted molar refractivity (Wildman–Crippen MR) is 44.2 cm³/mol. The second-order valence-electron chi connectivity index (χ2n) is 2.87. The smallest absolute Gasteiger partial charge is 0.347 e. The van der Waals surface area contributed by atoms with Crippen LogP contribution in [-0.2, 0) is 11.3 Å². The summed E-state index contributed by atoms with van der Waals surface area (Å²) in [5.41, 5.74) is 0. The van der Waals surface area contributed by atoms with Gasteiger partial charge < -0.3 is 4.90 Å². The first kappa shape index (κ1) is 9.50. The van der Waals surface area contributed by atoms with E-state index in [1.54, 1.807) is 21.0 Å². The van der Waals surface area contributed by atoms with Gasteiger partial charge in [-0.3, -0.25) is 13.9 Å². The molecule has 6 nitrogen and oxygen atoms in total. The number of hydrogen-bond donors (Lipinski definition) is 0. The predicted octanol–water partition coefficient (Wildman–Crippen LogP) is -0.767. The molecule has 0 bridgehead atoms. The van der Waals surface area contributed by atoms with Crippen LogP contribution in [0.3, 0.4) is 0 Å². The van der Waals surface area contributed by atoms with E-state index in [0.29, 0.717) is 5.82 Å². The maximum absolute atomic E-state index is 11.2. The van der Waals surface area contributed by atoms with E-state index in [4.69, 9.17) is 0 Å². The van der Waals surface area contributed by atoms with Gasteiger partial charge in [-0.05, 0) is 6.92 Å². The fourth-order valence-corrected chi connectivity index (χ4v) is 0.791. The Hall–Kier alpha value is -1.59. The summed E-state index contributed by atoms with van der Waals surface area (Å²) in [6, 6.07) is 0. The molecular weight excluding hydrogens is 174 g/mol. The van der Waals surface area contributed by atoms with Gasteiger partial charge in [0.1, 0.15) is 6.54 Å². The molecule has 1 rings (SSSR count). The summed E-state index contributed by atoms with van der Waals surface area (Å²) < 4.78 is 5.55. The topological polar surface area (TPSA) is 68.3 Å². The third kappa shape index (κ3) is 1.95. The first-order chi connectivity index (χ1) is 6.02. The molecule has 1 aromatic rings. The maximum Gasteiger partial charge on any atom is 0.442 e. The molecule has 0 N–H and O–H groups in total. The minimum Gasteiger partial charge on any atom is -0.347 e. The maximum atomic E-state index is 11.2. The lowest BCUT2D eigenvalue weighted by Gasteiger charge is -2.09. The molecule has 1 aromatic heterocycles. The summed E-state index contributed by atoms with van der Waals surface area (Å²) >= 11 is 0. The molecule has 0 spiro atoms.